The van der Waals surface area contributed by atoms with E-state index in [1.165, 1.54) is 48.4 Å². The Hall–Kier alpha value is -2.88. The molecule has 1 amide bonds. The SMILES string of the molecule is CN1C(=O)C2(CCC(F)(F)CC2)c2cc(-n3cc(-c4ccc(Br)cc4N4CCC5(CC4)CC5)nn3)cc(F)c21. The number of likely N-dealkylation sites (N-methyl/N-ethyl adjacent to an activating group) is 1. The molecule has 0 bridgehead atoms. The highest BCUT2D eigenvalue weighted by Gasteiger charge is 2.55. The molecule has 6 nitrogen and oxygen atoms in total. The van der Waals surface area contributed by atoms with Crippen LogP contribution in [0.15, 0.2) is 41.0 Å². The average molecular weight is 600 g/mol. The van der Waals surface area contributed by atoms with Crippen LogP contribution in [0.1, 0.15) is 56.9 Å². The predicted octanol–water partition coefficient (Wildman–Crippen LogP) is 6.64. The molecule has 10 heteroatoms. The molecule has 204 valence electrons. The second-order valence-electron chi connectivity index (χ2n) is 11.8. The third kappa shape index (κ3) is 4.00. The van der Waals surface area contributed by atoms with Gasteiger partial charge in [0.05, 0.1) is 23.0 Å². The van der Waals surface area contributed by atoms with E-state index in [-0.39, 0.29) is 24.4 Å². The third-order valence-corrected chi connectivity index (χ3v) is 10.1. The summed E-state index contributed by atoms with van der Waals surface area (Å²) in [6, 6.07) is 9.16. The highest BCUT2D eigenvalue weighted by Crippen LogP contribution is 2.55. The van der Waals surface area contributed by atoms with E-state index in [1.807, 2.05) is 12.1 Å². The number of rotatable bonds is 3. The minimum absolute atomic E-state index is 0.0128. The Morgan fingerprint density at radius 3 is 2.36 bits per heavy atom. The van der Waals surface area contributed by atoms with Crippen LogP contribution in [0.3, 0.4) is 0 Å². The largest absolute Gasteiger partial charge is 0.371 e. The van der Waals surface area contributed by atoms with Crippen LogP contribution in [0, 0.1) is 11.2 Å². The fourth-order valence-corrected chi connectivity index (χ4v) is 7.23. The summed E-state index contributed by atoms with van der Waals surface area (Å²) in [5, 5.41) is 8.75. The lowest BCUT2D eigenvalue weighted by molar-refractivity contribution is -0.127. The molecule has 4 aliphatic rings. The lowest BCUT2D eigenvalue weighted by atomic mass is 9.69. The van der Waals surface area contributed by atoms with Crippen LogP contribution in [-0.4, -0.2) is 47.0 Å². The molecule has 3 fully saturated rings. The number of carbonyl (C=O) groups excluding carboxylic acids is 1. The van der Waals surface area contributed by atoms with Crippen LogP contribution in [-0.2, 0) is 10.2 Å². The van der Waals surface area contributed by atoms with Gasteiger partial charge in [0.1, 0.15) is 11.5 Å². The van der Waals surface area contributed by atoms with Gasteiger partial charge in [-0.1, -0.05) is 21.1 Å². The van der Waals surface area contributed by atoms with Crippen LogP contribution < -0.4 is 9.80 Å². The summed E-state index contributed by atoms with van der Waals surface area (Å²) < 4.78 is 46.0. The van der Waals surface area contributed by atoms with Gasteiger partial charge in [0.2, 0.25) is 11.8 Å². The van der Waals surface area contributed by atoms with Gasteiger partial charge >= 0.3 is 0 Å². The molecule has 2 spiro atoms. The van der Waals surface area contributed by atoms with Crippen LogP contribution >= 0.6 is 15.9 Å². The fourth-order valence-electron chi connectivity index (χ4n) is 6.88. The predicted molar refractivity (Wildman–Crippen MR) is 146 cm³/mol. The number of alkyl halides is 2. The summed E-state index contributed by atoms with van der Waals surface area (Å²) in [6.45, 7) is 1.99. The van der Waals surface area contributed by atoms with E-state index in [9.17, 15) is 13.6 Å². The molecule has 2 aliphatic carbocycles. The van der Waals surface area contributed by atoms with Crippen molar-refractivity contribution in [3.8, 4) is 16.9 Å². The number of anilines is 2. The Balaban J connectivity index is 1.24. The number of carbonyl (C=O) groups is 1. The quantitative estimate of drug-likeness (QED) is 0.339. The minimum atomic E-state index is -2.81. The van der Waals surface area contributed by atoms with Gasteiger partial charge in [0, 0.05) is 54.8 Å². The smallest absolute Gasteiger partial charge is 0.248 e. The van der Waals surface area contributed by atoms with E-state index in [1.54, 1.807) is 12.3 Å². The molecule has 39 heavy (non-hydrogen) atoms. The molecule has 3 heterocycles. The molecule has 0 N–H and O–H groups in total. The standard InChI is InChI=1S/C29H29BrF3N5O/c1-36-25-21(28(26(36)39)6-8-29(32,33)9-7-28)15-19(16-22(25)31)38-17-23(34-35-38)20-3-2-18(30)14-24(20)37-12-10-27(4-5-27)11-13-37/h2-3,14-17H,4-13H2,1H3. The van der Waals surface area contributed by atoms with E-state index >= 15 is 4.39 Å². The maximum atomic E-state index is 15.5. The number of halogens is 4. The maximum Gasteiger partial charge on any atom is 0.248 e. The van der Waals surface area contributed by atoms with Crippen molar-refractivity contribution in [3.05, 3.63) is 52.4 Å². The number of benzene rings is 2. The second-order valence-corrected chi connectivity index (χ2v) is 12.7. The normalized spacial score (nSPS) is 22.5. The zero-order valence-corrected chi connectivity index (χ0v) is 23.3. The molecule has 2 aliphatic heterocycles. The van der Waals surface area contributed by atoms with Gasteiger partial charge < -0.3 is 9.80 Å². The topological polar surface area (TPSA) is 54.3 Å². The van der Waals surface area contributed by atoms with E-state index in [4.69, 9.17) is 0 Å². The molecular formula is C29H29BrF3N5O. The molecule has 0 radical (unpaired) electrons. The van der Waals surface area contributed by atoms with Crippen molar-refractivity contribution in [3.63, 3.8) is 0 Å². The molecular weight excluding hydrogens is 571 g/mol. The maximum absolute atomic E-state index is 15.5. The van der Waals surface area contributed by atoms with Gasteiger partial charge in [-0.25, -0.2) is 17.9 Å². The first kappa shape index (κ1) is 25.1. The summed E-state index contributed by atoms with van der Waals surface area (Å²) in [7, 11) is 1.51. The Kier molecular flexibility index (Phi) is 5.51. The summed E-state index contributed by atoms with van der Waals surface area (Å²) in [4.78, 5) is 17.0. The van der Waals surface area contributed by atoms with Crippen molar-refractivity contribution < 1.29 is 18.0 Å². The van der Waals surface area contributed by atoms with Crippen molar-refractivity contribution >= 4 is 33.2 Å². The zero-order valence-electron chi connectivity index (χ0n) is 21.7. The first-order chi connectivity index (χ1) is 18.6. The van der Waals surface area contributed by atoms with Crippen molar-refractivity contribution in [1.82, 2.24) is 15.0 Å². The summed E-state index contributed by atoms with van der Waals surface area (Å²) in [6.07, 6.45) is 6.02. The summed E-state index contributed by atoms with van der Waals surface area (Å²) >= 11 is 3.61. The van der Waals surface area contributed by atoms with Crippen molar-refractivity contribution in [2.75, 3.05) is 29.9 Å². The molecule has 2 saturated carbocycles. The number of hydrogen-bond donors (Lipinski definition) is 0. The zero-order chi connectivity index (χ0) is 27.2. The summed E-state index contributed by atoms with van der Waals surface area (Å²) in [5.41, 5.74) is 3.15. The first-order valence-corrected chi connectivity index (χ1v) is 14.4. The molecule has 0 atom stereocenters. The minimum Gasteiger partial charge on any atom is -0.371 e. The lowest BCUT2D eigenvalue weighted by Crippen LogP contribution is -2.44. The van der Waals surface area contributed by atoms with Crippen LogP contribution in [0.4, 0.5) is 24.5 Å². The number of hydrogen-bond acceptors (Lipinski definition) is 4. The van der Waals surface area contributed by atoms with Crippen molar-refractivity contribution in [1.29, 1.82) is 0 Å². The van der Waals surface area contributed by atoms with E-state index in [0.29, 0.717) is 22.4 Å². The van der Waals surface area contributed by atoms with Gasteiger partial charge in [-0.3, -0.25) is 4.79 Å². The van der Waals surface area contributed by atoms with Crippen LogP contribution in [0.5, 0.6) is 0 Å². The van der Waals surface area contributed by atoms with E-state index in [0.717, 1.165) is 28.8 Å². The van der Waals surface area contributed by atoms with Crippen LogP contribution in [0.2, 0.25) is 0 Å². The lowest BCUT2D eigenvalue weighted by Gasteiger charge is -2.36. The summed E-state index contributed by atoms with van der Waals surface area (Å²) in [5.74, 6) is -3.70. The monoisotopic (exact) mass is 599 g/mol. The number of fused-ring (bicyclic) bond motifs is 2. The molecule has 3 aromatic rings. The van der Waals surface area contributed by atoms with Gasteiger partial charge in [0.25, 0.3) is 0 Å². The van der Waals surface area contributed by atoms with Crippen molar-refractivity contribution in [2.45, 2.75) is 62.7 Å². The average Bonchev–Trinajstić information content (AvgIpc) is 3.41. The van der Waals surface area contributed by atoms with Crippen molar-refractivity contribution in [2.24, 2.45) is 5.41 Å². The molecule has 2 aromatic carbocycles. The highest BCUT2D eigenvalue weighted by molar-refractivity contribution is 9.10. The fraction of sp³-hybridized carbons (Fsp3) is 0.483. The molecule has 7 rings (SSSR count). The Bertz CT molecular complexity index is 1480. The van der Waals surface area contributed by atoms with Gasteiger partial charge in [-0.15, -0.1) is 5.10 Å². The number of amides is 1. The number of aromatic nitrogens is 3. The molecule has 0 unspecified atom stereocenters. The van der Waals surface area contributed by atoms with E-state index in [2.05, 4.69) is 37.2 Å². The highest BCUT2D eigenvalue weighted by atomic mass is 79.9. The second kappa shape index (κ2) is 8.56. The van der Waals surface area contributed by atoms with Gasteiger partial charge in [0.15, 0.2) is 0 Å². The van der Waals surface area contributed by atoms with Crippen LogP contribution in [0.25, 0.3) is 16.9 Å². The van der Waals surface area contributed by atoms with Gasteiger partial charge in [-0.2, -0.15) is 0 Å². The third-order valence-electron chi connectivity index (χ3n) is 9.56. The Morgan fingerprint density at radius 2 is 1.67 bits per heavy atom. The number of piperidine rings is 1. The first-order valence-electron chi connectivity index (χ1n) is 13.6. The number of nitrogens with zero attached hydrogens (tertiary/aromatic N) is 5. The Labute approximate surface area is 233 Å². The van der Waals surface area contributed by atoms with E-state index < -0.39 is 30.0 Å². The Morgan fingerprint density at radius 1 is 0.949 bits per heavy atom. The molecule has 1 aromatic heterocycles. The molecule has 1 saturated heterocycles. The van der Waals surface area contributed by atoms with Gasteiger partial charge in [-0.05, 0) is 73.8 Å².